The van der Waals surface area contributed by atoms with E-state index in [0.717, 1.165) is 24.8 Å². The molecule has 0 saturated carbocycles. The van der Waals surface area contributed by atoms with E-state index in [1.165, 1.54) is 23.5 Å². The maximum Gasteiger partial charge on any atom is 0.284 e. The van der Waals surface area contributed by atoms with Crippen molar-refractivity contribution in [3.8, 4) is 0 Å². The van der Waals surface area contributed by atoms with Crippen molar-refractivity contribution in [2.75, 3.05) is 18.4 Å². The van der Waals surface area contributed by atoms with Crippen LogP contribution >= 0.6 is 22.9 Å². The van der Waals surface area contributed by atoms with Gasteiger partial charge in [0.1, 0.15) is 5.82 Å². The van der Waals surface area contributed by atoms with Crippen LogP contribution in [0.15, 0.2) is 54.0 Å². The summed E-state index contributed by atoms with van der Waals surface area (Å²) in [6, 6.07) is 11.5. The lowest BCUT2D eigenvalue weighted by molar-refractivity contribution is 0.0690. The second-order valence-corrected chi connectivity index (χ2v) is 8.85. The van der Waals surface area contributed by atoms with Gasteiger partial charge in [-0.15, -0.1) is 11.3 Å². The van der Waals surface area contributed by atoms with E-state index in [1.807, 2.05) is 12.1 Å². The molecule has 2 amide bonds. The second kappa shape index (κ2) is 9.58. The lowest BCUT2D eigenvalue weighted by Crippen LogP contribution is -2.39. The standard InChI is InChI=1S/C23H21ClFN3O2S/c24-20-6-5-18(27-21(29)22-26-9-12-31-22)14-19(20)23(30)28-10-7-16(8-11-28)13-15-1-3-17(25)4-2-15/h1-6,9,12,14,16H,7-8,10-11,13H2,(H,27,29). The Kier molecular flexibility index (Phi) is 6.63. The minimum atomic E-state index is -0.322. The van der Waals surface area contributed by atoms with E-state index < -0.39 is 0 Å². The molecule has 0 aliphatic carbocycles. The Hall–Kier alpha value is -2.77. The van der Waals surface area contributed by atoms with E-state index in [0.29, 0.717) is 40.3 Å². The van der Waals surface area contributed by atoms with Crippen molar-refractivity contribution in [1.29, 1.82) is 0 Å². The predicted molar refractivity (Wildman–Crippen MR) is 120 cm³/mol. The molecule has 31 heavy (non-hydrogen) atoms. The number of halogens is 2. The number of aromatic nitrogens is 1. The molecule has 1 N–H and O–H groups in total. The highest BCUT2D eigenvalue weighted by Gasteiger charge is 2.25. The van der Waals surface area contributed by atoms with Crippen LogP contribution < -0.4 is 5.32 Å². The number of rotatable bonds is 5. The number of hydrogen-bond acceptors (Lipinski definition) is 4. The summed E-state index contributed by atoms with van der Waals surface area (Å²) in [6.07, 6.45) is 4.19. The van der Waals surface area contributed by atoms with E-state index in [-0.39, 0.29) is 17.6 Å². The van der Waals surface area contributed by atoms with Crippen LogP contribution in [0.2, 0.25) is 5.02 Å². The molecule has 2 aromatic carbocycles. The average Bonchev–Trinajstić information content (AvgIpc) is 3.32. The van der Waals surface area contributed by atoms with Crippen LogP contribution in [0.5, 0.6) is 0 Å². The smallest absolute Gasteiger partial charge is 0.284 e. The summed E-state index contributed by atoms with van der Waals surface area (Å²) < 4.78 is 13.1. The zero-order chi connectivity index (χ0) is 21.8. The van der Waals surface area contributed by atoms with Gasteiger partial charge in [0.25, 0.3) is 11.8 Å². The molecule has 3 aromatic rings. The zero-order valence-corrected chi connectivity index (χ0v) is 18.3. The zero-order valence-electron chi connectivity index (χ0n) is 16.7. The maximum absolute atomic E-state index is 13.1. The van der Waals surface area contributed by atoms with E-state index in [4.69, 9.17) is 11.6 Å². The van der Waals surface area contributed by atoms with E-state index in [2.05, 4.69) is 10.3 Å². The monoisotopic (exact) mass is 457 g/mol. The van der Waals surface area contributed by atoms with Gasteiger partial charge in [0, 0.05) is 30.4 Å². The first-order chi connectivity index (χ1) is 15.0. The molecule has 8 heteroatoms. The van der Waals surface area contributed by atoms with Gasteiger partial charge in [-0.3, -0.25) is 9.59 Å². The van der Waals surface area contributed by atoms with Crippen LogP contribution in [0.25, 0.3) is 0 Å². The second-order valence-electron chi connectivity index (χ2n) is 7.55. The Morgan fingerprint density at radius 1 is 1.16 bits per heavy atom. The molecule has 0 unspecified atom stereocenters. The van der Waals surface area contributed by atoms with E-state index >= 15 is 0 Å². The van der Waals surface area contributed by atoms with Crippen molar-refractivity contribution in [2.45, 2.75) is 19.3 Å². The molecule has 160 valence electrons. The van der Waals surface area contributed by atoms with Crippen molar-refractivity contribution in [2.24, 2.45) is 5.92 Å². The minimum Gasteiger partial charge on any atom is -0.339 e. The molecule has 1 aromatic heterocycles. The van der Waals surface area contributed by atoms with E-state index in [1.54, 1.807) is 34.7 Å². The van der Waals surface area contributed by atoms with Crippen LogP contribution in [0.3, 0.4) is 0 Å². The number of hydrogen-bond donors (Lipinski definition) is 1. The van der Waals surface area contributed by atoms with Crippen molar-refractivity contribution >= 4 is 40.4 Å². The van der Waals surface area contributed by atoms with Crippen LogP contribution in [0.1, 0.15) is 38.6 Å². The molecule has 4 rings (SSSR count). The fraction of sp³-hybridized carbons (Fsp3) is 0.261. The van der Waals surface area contributed by atoms with Gasteiger partial charge in [0.05, 0.1) is 10.6 Å². The summed E-state index contributed by atoms with van der Waals surface area (Å²) in [5.41, 5.74) is 1.98. The summed E-state index contributed by atoms with van der Waals surface area (Å²) >= 11 is 7.54. The molecule has 1 saturated heterocycles. The van der Waals surface area contributed by atoms with Crippen LogP contribution in [-0.2, 0) is 6.42 Å². The Balaban J connectivity index is 1.38. The lowest BCUT2D eigenvalue weighted by Gasteiger charge is -2.32. The highest BCUT2D eigenvalue weighted by atomic mass is 35.5. The van der Waals surface area contributed by atoms with Crippen molar-refractivity contribution in [3.05, 3.63) is 81.0 Å². The average molecular weight is 458 g/mol. The third-order valence-corrected chi connectivity index (χ3v) is 6.52. The van der Waals surface area contributed by atoms with Crippen molar-refractivity contribution < 1.29 is 14.0 Å². The SMILES string of the molecule is O=C(Nc1ccc(Cl)c(C(=O)N2CCC(Cc3ccc(F)cc3)CC2)c1)c1nccs1. The molecule has 2 heterocycles. The number of carbonyl (C=O) groups is 2. The molecule has 0 spiro atoms. The topological polar surface area (TPSA) is 62.3 Å². The molecular weight excluding hydrogens is 437 g/mol. The van der Waals surface area contributed by atoms with Gasteiger partial charge in [0.15, 0.2) is 5.01 Å². The number of piperidine rings is 1. The third kappa shape index (κ3) is 5.29. The Morgan fingerprint density at radius 2 is 1.90 bits per heavy atom. The Labute approximate surface area is 188 Å². The highest BCUT2D eigenvalue weighted by molar-refractivity contribution is 7.11. The van der Waals surface area contributed by atoms with Crippen molar-refractivity contribution in [1.82, 2.24) is 9.88 Å². The molecule has 1 fully saturated rings. The summed E-state index contributed by atoms with van der Waals surface area (Å²) in [5, 5.41) is 5.19. The summed E-state index contributed by atoms with van der Waals surface area (Å²) in [7, 11) is 0. The molecule has 5 nitrogen and oxygen atoms in total. The van der Waals surface area contributed by atoms with Gasteiger partial charge in [-0.2, -0.15) is 0 Å². The Bertz CT molecular complexity index is 1060. The summed E-state index contributed by atoms with van der Waals surface area (Å²) in [6.45, 7) is 1.27. The maximum atomic E-state index is 13.1. The van der Waals surface area contributed by atoms with Gasteiger partial charge < -0.3 is 10.2 Å². The van der Waals surface area contributed by atoms with Crippen LogP contribution in [0.4, 0.5) is 10.1 Å². The molecule has 1 aliphatic heterocycles. The molecule has 0 bridgehead atoms. The number of carbonyl (C=O) groups excluding carboxylic acids is 2. The van der Waals surface area contributed by atoms with Gasteiger partial charge in [-0.1, -0.05) is 23.7 Å². The van der Waals surface area contributed by atoms with Crippen LogP contribution in [0, 0.1) is 11.7 Å². The first-order valence-corrected chi connectivity index (χ1v) is 11.3. The fourth-order valence-electron chi connectivity index (χ4n) is 3.75. The number of benzene rings is 2. The summed E-state index contributed by atoms with van der Waals surface area (Å²) in [4.78, 5) is 31.1. The largest absolute Gasteiger partial charge is 0.339 e. The molecule has 0 atom stereocenters. The third-order valence-electron chi connectivity index (χ3n) is 5.42. The molecule has 0 radical (unpaired) electrons. The Morgan fingerprint density at radius 3 is 2.58 bits per heavy atom. The fourth-order valence-corrected chi connectivity index (χ4v) is 4.48. The number of nitrogens with one attached hydrogen (secondary N) is 1. The van der Waals surface area contributed by atoms with Gasteiger partial charge in [0.2, 0.25) is 0 Å². The molecular formula is C23H21ClFN3O2S. The summed E-state index contributed by atoms with van der Waals surface area (Å²) in [5.74, 6) is -0.243. The number of thiazole rings is 1. The number of nitrogens with zero attached hydrogens (tertiary/aromatic N) is 2. The predicted octanol–water partition coefficient (Wildman–Crippen LogP) is 5.28. The highest BCUT2D eigenvalue weighted by Crippen LogP contribution is 2.27. The van der Waals surface area contributed by atoms with Gasteiger partial charge >= 0.3 is 0 Å². The minimum absolute atomic E-state index is 0.143. The molecule has 1 aliphatic rings. The van der Waals surface area contributed by atoms with E-state index in [9.17, 15) is 14.0 Å². The first kappa shape index (κ1) is 21.5. The van der Waals surface area contributed by atoms with Gasteiger partial charge in [-0.05, 0) is 61.1 Å². The number of amides is 2. The normalized spacial score (nSPS) is 14.5. The first-order valence-electron chi connectivity index (χ1n) is 10.0. The van der Waals surface area contributed by atoms with Gasteiger partial charge in [-0.25, -0.2) is 9.37 Å². The quantitative estimate of drug-likeness (QED) is 0.566. The van der Waals surface area contributed by atoms with Crippen LogP contribution in [-0.4, -0.2) is 34.8 Å². The number of anilines is 1. The van der Waals surface area contributed by atoms with Crippen molar-refractivity contribution in [3.63, 3.8) is 0 Å². The lowest BCUT2D eigenvalue weighted by atomic mass is 9.90. The number of likely N-dealkylation sites (tertiary alicyclic amines) is 1.